The molecule has 0 bridgehead atoms. The van der Waals surface area contributed by atoms with Crippen LogP contribution in [0, 0.1) is 0 Å². The van der Waals surface area contributed by atoms with Gasteiger partial charge in [0.2, 0.25) is 0 Å². The van der Waals surface area contributed by atoms with E-state index in [0.717, 1.165) is 19.3 Å². The van der Waals surface area contributed by atoms with Crippen LogP contribution in [0.2, 0.25) is 0 Å². The molecule has 0 aliphatic carbocycles. The number of hydrogen-bond donors (Lipinski definition) is 1. The van der Waals surface area contributed by atoms with Crippen LogP contribution in [0.4, 0.5) is 0 Å². The van der Waals surface area contributed by atoms with Gasteiger partial charge in [-0.05, 0) is 6.42 Å². The molecule has 8 heteroatoms. The van der Waals surface area contributed by atoms with Crippen molar-refractivity contribution in [3.05, 3.63) is 0 Å². The number of likely N-dealkylation sites (N-methyl/N-ethyl adjacent to an activating group) is 1. The van der Waals surface area contributed by atoms with E-state index in [1.54, 1.807) is 0 Å². The molecule has 40 heavy (non-hydrogen) atoms. The molecular formula is C32H62NO7+. The Hall–Kier alpha value is -1.67. The average molecular weight is 573 g/mol. The Balaban J connectivity index is 3.89. The molecule has 0 aliphatic heterocycles. The minimum Gasteiger partial charge on any atom is -0.477 e. The normalized spacial score (nSPS) is 13.1. The number of quaternary nitrogens is 1. The van der Waals surface area contributed by atoms with Gasteiger partial charge in [-0.25, -0.2) is 4.79 Å². The molecule has 0 saturated heterocycles. The third-order valence-electron chi connectivity index (χ3n) is 7.31. The van der Waals surface area contributed by atoms with Crippen molar-refractivity contribution in [2.45, 2.75) is 148 Å². The first kappa shape index (κ1) is 38.3. The lowest BCUT2D eigenvalue weighted by Gasteiger charge is -2.31. The number of carbonyl (C=O) groups excluding carboxylic acids is 2. The first-order chi connectivity index (χ1) is 19.1. The second-order valence-corrected chi connectivity index (χ2v) is 12.2. The molecule has 8 nitrogen and oxygen atoms in total. The Kier molecular flexibility index (Phi) is 24.0. The lowest BCUT2D eigenvalue weighted by molar-refractivity contribution is -0.887. The number of hydrogen-bond acceptors (Lipinski definition) is 6. The third-order valence-corrected chi connectivity index (χ3v) is 7.31. The first-order valence-electron chi connectivity index (χ1n) is 16.0. The summed E-state index contributed by atoms with van der Waals surface area (Å²) in [5, 5.41) is 9.43. The van der Waals surface area contributed by atoms with E-state index in [1.807, 2.05) is 21.1 Å². The van der Waals surface area contributed by atoms with Gasteiger partial charge >= 0.3 is 17.9 Å². The van der Waals surface area contributed by atoms with Gasteiger partial charge < -0.3 is 23.8 Å². The average Bonchev–Trinajstić information content (AvgIpc) is 2.87. The lowest BCUT2D eigenvalue weighted by Crippen LogP contribution is -2.50. The van der Waals surface area contributed by atoms with Gasteiger partial charge in [-0.15, -0.1) is 0 Å². The molecule has 2 atom stereocenters. The Labute approximate surface area is 245 Å². The number of nitrogens with zero attached hydrogens (tertiary/aromatic N) is 1. The summed E-state index contributed by atoms with van der Waals surface area (Å²) in [6.07, 6.45) is 21.8. The SMILES string of the molecule is CCCCCCCCCCCCCCCCCCCC(=O)OC(COCCC(C(=O)O)[N+](C)(C)C)COC(C)=O. The number of ether oxygens (including phenoxy) is 3. The van der Waals surface area contributed by atoms with Gasteiger partial charge in [-0.2, -0.15) is 0 Å². The van der Waals surface area contributed by atoms with Crippen LogP contribution in [0.3, 0.4) is 0 Å². The molecule has 0 spiro atoms. The van der Waals surface area contributed by atoms with Gasteiger partial charge in [0.15, 0.2) is 12.1 Å². The number of esters is 2. The van der Waals surface area contributed by atoms with Gasteiger partial charge in [-0.3, -0.25) is 9.59 Å². The molecule has 0 fully saturated rings. The number of carboxylic acids is 1. The van der Waals surface area contributed by atoms with Crippen LogP contribution >= 0.6 is 0 Å². The molecule has 1 N–H and O–H groups in total. The van der Waals surface area contributed by atoms with Crippen molar-refractivity contribution in [3.63, 3.8) is 0 Å². The van der Waals surface area contributed by atoms with Gasteiger partial charge in [0, 0.05) is 19.8 Å². The predicted octanol–water partition coefficient (Wildman–Crippen LogP) is 7.07. The molecule has 0 aromatic heterocycles. The maximum Gasteiger partial charge on any atom is 0.362 e. The first-order valence-corrected chi connectivity index (χ1v) is 16.0. The van der Waals surface area contributed by atoms with Gasteiger partial charge in [-0.1, -0.05) is 110 Å². The fraction of sp³-hybridized carbons (Fsp3) is 0.906. The van der Waals surface area contributed by atoms with E-state index in [-0.39, 0.29) is 30.3 Å². The van der Waals surface area contributed by atoms with Crippen LogP contribution < -0.4 is 0 Å². The number of unbranched alkanes of at least 4 members (excludes halogenated alkanes) is 16. The summed E-state index contributed by atoms with van der Waals surface area (Å²) in [6, 6.07) is -0.603. The van der Waals surface area contributed by atoms with E-state index < -0.39 is 24.1 Å². The summed E-state index contributed by atoms with van der Waals surface area (Å²) in [6.45, 7) is 3.76. The summed E-state index contributed by atoms with van der Waals surface area (Å²) in [5.74, 6) is -1.66. The summed E-state index contributed by atoms with van der Waals surface area (Å²) >= 11 is 0. The molecule has 0 amide bonds. The van der Waals surface area contributed by atoms with E-state index in [2.05, 4.69) is 6.92 Å². The highest BCUT2D eigenvalue weighted by Gasteiger charge is 2.31. The van der Waals surface area contributed by atoms with Crippen molar-refractivity contribution in [1.29, 1.82) is 0 Å². The Morgan fingerprint density at radius 1 is 0.700 bits per heavy atom. The minimum absolute atomic E-state index is 0.0571. The summed E-state index contributed by atoms with van der Waals surface area (Å²) in [7, 11) is 5.47. The highest BCUT2D eigenvalue weighted by atomic mass is 16.6. The smallest absolute Gasteiger partial charge is 0.362 e. The standard InChI is InChI=1S/C32H61NO7/c1-6-7-8-9-10-11-12-13-14-15-16-17-18-19-20-21-22-23-31(35)40-29(27-39-28(2)34)26-38-25-24-30(32(36)37)33(3,4)5/h29-30H,6-27H2,1-5H3/p+1. The monoisotopic (exact) mass is 572 g/mol. The molecule has 0 aromatic rings. The van der Waals surface area contributed by atoms with E-state index in [4.69, 9.17) is 14.2 Å². The van der Waals surface area contributed by atoms with E-state index in [9.17, 15) is 19.5 Å². The number of carboxylic acid groups (broad SMARTS) is 1. The zero-order valence-electron chi connectivity index (χ0n) is 26.6. The van der Waals surface area contributed by atoms with Gasteiger partial charge in [0.05, 0.1) is 34.4 Å². The van der Waals surface area contributed by atoms with Crippen molar-refractivity contribution in [1.82, 2.24) is 0 Å². The van der Waals surface area contributed by atoms with Crippen molar-refractivity contribution < 1.29 is 38.2 Å². The molecule has 0 saturated carbocycles. The molecule has 0 rings (SSSR count). The fourth-order valence-corrected chi connectivity index (χ4v) is 4.82. The highest BCUT2D eigenvalue weighted by Crippen LogP contribution is 2.15. The molecule has 0 radical (unpaired) electrons. The van der Waals surface area contributed by atoms with Crippen molar-refractivity contribution in [3.8, 4) is 0 Å². The topological polar surface area (TPSA) is 99.1 Å². The molecule has 0 aromatic carbocycles. The van der Waals surface area contributed by atoms with Crippen molar-refractivity contribution in [2.24, 2.45) is 0 Å². The fourth-order valence-electron chi connectivity index (χ4n) is 4.82. The Bertz CT molecular complexity index is 648. The number of carbonyl (C=O) groups is 3. The Morgan fingerprint density at radius 3 is 1.55 bits per heavy atom. The summed E-state index contributed by atoms with van der Waals surface area (Å²) < 4.78 is 16.4. The molecule has 236 valence electrons. The third kappa shape index (κ3) is 24.2. The van der Waals surface area contributed by atoms with E-state index >= 15 is 0 Å². The van der Waals surface area contributed by atoms with E-state index in [0.29, 0.717) is 12.8 Å². The quantitative estimate of drug-likeness (QED) is 0.0608. The maximum atomic E-state index is 12.3. The molecular weight excluding hydrogens is 510 g/mol. The van der Waals surface area contributed by atoms with E-state index in [1.165, 1.54) is 96.8 Å². The zero-order valence-corrected chi connectivity index (χ0v) is 26.6. The summed E-state index contributed by atoms with van der Waals surface area (Å²) in [4.78, 5) is 35.0. The van der Waals surface area contributed by atoms with Crippen molar-refractivity contribution >= 4 is 17.9 Å². The van der Waals surface area contributed by atoms with Crippen LogP contribution in [-0.2, 0) is 28.6 Å². The second-order valence-electron chi connectivity index (χ2n) is 12.2. The second kappa shape index (κ2) is 25.1. The lowest BCUT2D eigenvalue weighted by atomic mass is 10.0. The minimum atomic E-state index is -0.881. The number of aliphatic carboxylic acids is 1. The van der Waals surface area contributed by atoms with Crippen LogP contribution in [-0.4, -0.2) is 80.6 Å². The summed E-state index contributed by atoms with van der Waals surface area (Å²) in [5.41, 5.74) is 0. The predicted molar refractivity (Wildman–Crippen MR) is 160 cm³/mol. The largest absolute Gasteiger partial charge is 0.477 e. The molecule has 0 heterocycles. The number of rotatable bonds is 28. The maximum absolute atomic E-state index is 12.3. The van der Waals surface area contributed by atoms with Crippen LogP contribution in [0.25, 0.3) is 0 Å². The zero-order chi connectivity index (χ0) is 30.1. The Morgan fingerprint density at radius 2 is 1.15 bits per heavy atom. The molecule has 0 aliphatic rings. The van der Waals surface area contributed by atoms with Crippen LogP contribution in [0.5, 0.6) is 0 Å². The highest BCUT2D eigenvalue weighted by molar-refractivity contribution is 5.72. The van der Waals surface area contributed by atoms with Crippen molar-refractivity contribution in [2.75, 3.05) is 41.0 Å². The van der Waals surface area contributed by atoms with Gasteiger partial charge in [0.1, 0.15) is 6.61 Å². The molecule has 2 unspecified atom stereocenters. The van der Waals surface area contributed by atoms with Gasteiger partial charge in [0.25, 0.3) is 0 Å². The van der Waals surface area contributed by atoms with Crippen LogP contribution in [0.1, 0.15) is 136 Å². The van der Waals surface area contributed by atoms with Crippen LogP contribution in [0.15, 0.2) is 0 Å².